The smallest absolute Gasteiger partial charge is 0.335 e. The molecule has 0 radical (unpaired) electrons. The average Bonchev–Trinajstić information content (AvgIpc) is 3.53. The molecule has 0 unspecified atom stereocenters. The van der Waals surface area contributed by atoms with Gasteiger partial charge in [-0.25, -0.2) is 4.79 Å². The first-order valence-electron chi connectivity index (χ1n) is 11.1. The second kappa shape index (κ2) is 12.4. The lowest BCUT2D eigenvalue weighted by atomic mass is 10.0. The highest BCUT2D eigenvalue weighted by atomic mass is 35.5. The molecule has 1 saturated carbocycles. The van der Waals surface area contributed by atoms with Crippen molar-refractivity contribution in [2.24, 2.45) is 5.92 Å². The average molecular weight is 477 g/mol. The highest BCUT2D eigenvalue weighted by Gasteiger charge is 2.39. The zero-order valence-electron chi connectivity index (χ0n) is 18.6. The van der Waals surface area contributed by atoms with E-state index in [0.717, 1.165) is 26.1 Å². The molecule has 0 spiro atoms. The number of halogens is 2. The number of benzene rings is 2. The van der Waals surface area contributed by atoms with Crippen LogP contribution in [-0.2, 0) is 6.42 Å². The zero-order chi connectivity index (χ0) is 20.9. The van der Waals surface area contributed by atoms with Gasteiger partial charge in [-0.2, -0.15) is 0 Å². The van der Waals surface area contributed by atoms with Crippen LogP contribution in [0, 0.1) is 5.92 Å². The molecule has 1 aliphatic heterocycles. The van der Waals surface area contributed by atoms with E-state index in [1.807, 2.05) is 12.1 Å². The van der Waals surface area contributed by atoms with Crippen molar-refractivity contribution in [1.29, 1.82) is 0 Å². The number of piperidine rings is 1. The maximum Gasteiger partial charge on any atom is 0.335 e. The summed E-state index contributed by atoms with van der Waals surface area (Å²) in [4.78, 5) is 13.5. The molecule has 4 rings (SSSR count). The largest absolute Gasteiger partial charge is 0.478 e. The molecule has 32 heavy (non-hydrogen) atoms. The molecular weight excluding hydrogens is 443 g/mol. The van der Waals surface area contributed by atoms with Crippen LogP contribution in [0.25, 0.3) is 6.08 Å². The molecule has 0 amide bonds. The number of nitrogens with zero attached hydrogens (tertiary/aromatic N) is 1. The van der Waals surface area contributed by atoms with Crippen LogP contribution in [0.5, 0.6) is 0 Å². The van der Waals surface area contributed by atoms with Gasteiger partial charge < -0.3 is 15.3 Å². The van der Waals surface area contributed by atoms with Crippen LogP contribution in [0.1, 0.15) is 47.7 Å². The normalized spacial score (nSPS) is 21.3. The second-order valence-electron chi connectivity index (χ2n) is 8.78. The molecule has 1 heterocycles. The number of carbonyl (C=O) groups is 1. The summed E-state index contributed by atoms with van der Waals surface area (Å²) in [6.07, 6.45) is 7.00. The molecule has 0 aromatic heterocycles. The summed E-state index contributed by atoms with van der Waals surface area (Å²) in [5.74, 6) is -0.170. The Bertz CT molecular complexity index is 878. The molecule has 4 nitrogen and oxygen atoms in total. The summed E-state index contributed by atoms with van der Waals surface area (Å²) in [7, 11) is 0. The molecule has 6 heteroatoms. The van der Waals surface area contributed by atoms with Crippen molar-refractivity contribution in [3.63, 3.8) is 0 Å². The molecule has 2 aliphatic rings. The molecule has 1 aliphatic carbocycles. The topological polar surface area (TPSA) is 52.6 Å². The predicted molar refractivity (Wildman–Crippen MR) is 136 cm³/mol. The first kappa shape index (κ1) is 26.4. The summed E-state index contributed by atoms with van der Waals surface area (Å²) >= 11 is 0. The molecule has 2 fully saturated rings. The van der Waals surface area contributed by atoms with Crippen LogP contribution in [0.3, 0.4) is 0 Å². The van der Waals surface area contributed by atoms with Crippen LogP contribution in [-0.4, -0.2) is 47.7 Å². The fourth-order valence-electron chi connectivity index (χ4n) is 4.53. The van der Waals surface area contributed by atoms with Crippen LogP contribution >= 0.6 is 24.8 Å². The molecule has 0 bridgehead atoms. The maximum absolute atomic E-state index is 11.0. The van der Waals surface area contributed by atoms with Gasteiger partial charge in [0.2, 0.25) is 0 Å². The fourth-order valence-corrected chi connectivity index (χ4v) is 4.53. The van der Waals surface area contributed by atoms with Crippen molar-refractivity contribution in [1.82, 2.24) is 10.2 Å². The quantitative estimate of drug-likeness (QED) is 0.541. The van der Waals surface area contributed by atoms with Crippen LogP contribution < -0.4 is 5.32 Å². The molecule has 1 saturated heterocycles. The summed E-state index contributed by atoms with van der Waals surface area (Å²) < 4.78 is 0. The van der Waals surface area contributed by atoms with Crippen LogP contribution in [0.2, 0.25) is 0 Å². The number of hydrogen-bond donors (Lipinski definition) is 2. The van der Waals surface area contributed by atoms with Gasteiger partial charge in [-0.15, -0.1) is 24.8 Å². The third-order valence-corrected chi connectivity index (χ3v) is 6.52. The zero-order valence-corrected chi connectivity index (χ0v) is 20.2. The first-order valence-corrected chi connectivity index (χ1v) is 11.1. The van der Waals surface area contributed by atoms with E-state index in [1.54, 1.807) is 12.1 Å². The van der Waals surface area contributed by atoms with Gasteiger partial charge in [-0.05, 0) is 74.9 Å². The van der Waals surface area contributed by atoms with E-state index >= 15 is 0 Å². The van der Waals surface area contributed by atoms with Gasteiger partial charge in [0.25, 0.3) is 0 Å². The third kappa shape index (κ3) is 7.35. The van der Waals surface area contributed by atoms with E-state index in [4.69, 9.17) is 5.11 Å². The van der Waals surface area contributed by atoms with E-state index < -0.39 is 5.97 Å². The Hall–Kier alpha value is -1.85. The maximum atomic E-state index is 11.0. The standard InChI is InChI=1S/C26H32N2O2.2ClH/c1-19(17-21-5-3-2-4-6-21)24-18-25(24)27-23-12-15-28(16-13-23)14-11-20-7-9-22(10-8-20)26(29)30;;/h2-10,17,23-25,27H,11-16,18H2,1H3,(H,29,30);2*1H/t24-,25+;;/m0../s1. The highest BCUT2D eigenvalue weighted by Crippen LogP contribution is 2.38. The second-order valence-corrected chi connectivity index (χ2v) is 8.78. The fraction of sp³-hybridized carbons (Fsp3) is 0.423. The summed E-state index contributed by atoms with van der Waals surface area (Å²) in [6.45, 7) is 5.59. The van der Waals surface area contributed by atoms with Crippen molar-refractivity contribution in [2.45, 2.75) is 44.7 Å². The third-order valence-electron chi connectivity index (χ3n) is 6.52. The minimum atomic E-state index is -0.861. The Morgan fingerprint density at radius 1 is 1.06 bits per heavy atom. The van der Waals surface area contributed by atoms with Crippen molar-refractivity contribution >= 4 is 36.9 Å². The summed E-state index contributed by atoms with van der Waals surface area (Å²) in [5.41, 5.74) is 4.36. The molecule has 2 aromatic rings. The number of aromatic carboxylic acids is 1. The molecule has 2 aromatic carbocycles. The van der Waals surface area contributed by atoms with Crippen molar-refractivity contribution in [3.05, 3.63) is 76.9 Å². The Morgan fingerprint density at radius 3 is 2.34 bits per heavy atom. The van der Waals surface area contributed by atoms with Crippen molar-refractivity contribution < 1.29 is 9.90 Å². The first-order chi connectivity index (χ1) is 14.6. The van der Waals surface area contributed by atoms with Gasteiger partial charge in [0.1, 0.15) is 0 Å². The number of carboxylic acid groups (broad SMARTS) is 1. The number of hydrogen-bond acceptors (Lipinski definition) is 3. The highest BCUT2D eigenvalue weighted by molar-refractivity contribution is 5.87. The van der Waals surface area contributed by atoms with E-state index in [-0.39, 0.29) is 24.8 Å². The molecule has 2 N–H and O–H groups in total. The minimum absolute atomic E-state index is 0. The Balaban J connectivity index is 0.00000181. The van der Waals surface area contributed by atoms with E-state index in [1.165, 1.54) is 36.0 Å². The van der Waals surface area contributed by atoms with Crippen molar-refractivity contribution in [2.75, 3.05) is 19.6 Å². The van der Waals surface area contributed by atoms with Gasteiger partial charge in [0.05, 0.1) is 5.56 Å². The monoisotopic (exact) mass is 476 g/mol. The number of nitrogens with one attached hydrogen (secondary N) is 1. The van der Waals surface area contributed by atoms with Crippen molar-refractivity contribution in [3.8, 4) is 0 Å². The lowest BCUT2D eigenvalue weighted by Crippen LogP contribution is -2.44. The van der Waals surface area contributed by atoms with Gasteiger partial charge in [-0.3, -0.25) is 0 Å². The summed E-state index contributed by atoms with van der Waals surface area (Å²) in [6, 6.07) is 19.2. The number of likely N-dealkylation sites (tertiary alicyclic amines) is 1. The van der Waals surface area contributed by atoms with Crippen LogP contribution in [0.15, 0.2) is 60.2 Å². The van der Waals surface area contributed by atoms with Gasteiger partial charge >= 0.3 is 5.97 Å². The van der Waals surface area contributed by atoms with E-state index in [9.17, 15) is 4.79 Å². The Labute approximate surface area is 203 Å². The van der Waals surface area contributed by atoms with E-state index in [2.05, 4.69) is 53.5 Å². The Kier molecular flexibility index (Phi) is 10.2. The predicted octanol–water partition coefficient (Wildman–Crippen LogP) is 5.32. The van der Waals surface area contributed by atoms with Gasteiger partial charge in [0.15, 0.2) is 0 Å². The molecule has 2 atom stereocenters. The SMILES string of the molecule is CC(=Cc1ccccc1)[C@@H]1C[C@H]1NC1CCN(CCc2ccc(C(=O)O)cc2)CC1.Cl.Cl. The number of rotatable bonds is 8. The van der Waals surface area contributed by atoms with E-state index in [0.29, 0.717) is 23.6 Å². The van der Waals surface area contributed by atoms with Crippen LogP contribution in [0.4, 0.5) is 0 Å². The summed E-state index contributed by atoms with van der Waals surface area (Å²) in [5, 5.41) is 12.9. The van der Waals surface area contributed by atoms with Gasteiger partial charge in [-0.1, -0.05) is 54.1 Å². The Morgan fingerprint density at radius 2 is 1.72 bits per heavy atom. The lowest BCUT2D eigenvalue weighted by molar-refractivity contribution is 0.0697. The van der Waals surface area contributed by atoms with Gasteiger partial charge in [0, 0.05) is 18.6 Å². The lowest BCUT2D eigenvalue weighted by Gasteiger charge is -2.32. The molecule has 174 valence electrons. The molecular formula is C26H34Cl2N2O2. The number of carboxylic acids is 1. The minimum Gasteiger partial charge on any atom is -0.478 e.